The van der Waals surface area contributed by atoms with Gasteiger partial charge in [-0.1, -0.05) is 18.2 Å². The minimum absolute atomic E-state index is 0.317. The van der Waals surface area contributed by atoms with Gasteiger partial charge in [0.25, 0.3) is 0 Å². The van der Waals surface area contributed by atoms with E-state index in [2.05, 4.69) is 9.97 Å². The lowest BCUT2D eigenvalue weighted by molar-refractivity contribution is 0.462. The Bertz CT molecular complexity index is 698. The van der Waals surface area contributed by atoms with Gasteiger partial charge in [0.15, 0.2) is 0 Å². The van der Waals surface area contributed by atoms with Crippen molar-refractivity contribution in [2.24, 2.45) is 0 Å². The number of hydrogen-bond donors (Lipinski definition) is 1. The lowest BCUT2D eigenvalue weighted by Crippen LogP contribution is -1.84. The van der Waals surface area contributed by atoms with Crippen molar-refractivity contribution in [2.45, 2.75) is 10.6 Å². The monoisotopic (exact) mass is 300 g/mol. The van der Waals surface area contributed by atoms with E-state index >= 15 is 0 Å². The summed E-state index contributed by atoms with van der Waals surface area (Å²) in [5.74, 6) is 1.05. The summed E-state index contributed by atoms with van der Waals surface area (Å²) in [6.45, 7) is 0. The third-order valence-electron chi connectivity index (χ3n) is 2.68. The van der Waals surface area contributed by atoms with Crippen LogP contribution < -0.4 is 0 Å². The van der Waals surface area contributed by atoms with Crippen LogP contribution >= 0.6 is 23.1 Å². The molecule has 1 N–H and O–H groups in total. The SMILES string of the molecule is Oc1ccccc1SCc1csc(-c2ccccn2)n1. The molecule has 0 radical (unpaired) electrons. The van der Waals surface area contributed by atoms with Crippen LogP contribution in [0.4, 0.5) is 0 Å². The van der Waals surface area contributed by atoms with Crippen LogP contribution in [-0.4, -0.2) is 15.1 Å². The smallest absolute Gasteiger partial charge is 0.142 e. The molecule has 1 aromatic carbocycles. The fourth-order valence-electron chi connectivity index (χ4n) is 1.71. The summed E-state index contributed by atoms with van der Waals surface area (Å²) in [6, 6.07) is 13.2. The number of para-hydroxylation sites is 1. The molecule has 0 aliphatic rings. The second-order valence-electron chi connectivity index (χ2n) is 4.12. The maximum atomic E-state index is 9.72. The number of rotatable bonds is 4. The van der Waals surface area contributed by atoms with Crippen LogP contribution in [0.1, 0.15) is 5.69 Å². The maximum absolute atomic E-state index is 9.72. The predicted molar refractivity (Wildman–Crippen MR) is 83.0 cm³/mol. The van der Waals surface area contributed by atoms with Crippen LogP contribution in [-0.2, 0) is 5.75 Å². The van der Waals surface area contributed by atoms with Crippen LogP contribution in [0.25, 0.3) is 10.7 Å². The molecule has 0 spiro atoms. The summed E-state index contributed by atoms with van der Waals surface area (Å²) in [6.07, 6.45) is 1.77. The first kappa shape index (κ1) is 13.1. The zero-order valence-corrected chi connectivity index (χ0v) is 12.2. The Morgan fingerprint density at radius 2 is 1.95 bits per heavy atom. The van der Waals surface area contributed by atoms with E-state index in [4.69, 9.17) is 0 Å². The molecule has 0 atom stereocenters. The highest BCUT2D eigenvalue weighted by atomic mass is 32.2. The van der Waals surface area contributed by atoms with Crippen molar-refractivity contribution in [3.8, 4) is 16.5 Å². The molecule has 2 aromatic heterocycles. The average Bonchev–Trinajstić information content (AvgIpc) is 2.96. The zero-order valence-electron chi connectivity index (χ0n) is 10.6. The Morgan fingerprint density at radius 1 is 1.10 bits per heavy atom. The van der Waals surface area contributed by atoms with Gasteiger partial charge >= 0.3 is 0 Å². The summed E-state index contributed by atoms with van der Waals surface area (Å²) < 4.78 is 0. The largest absolute Gasteiger partial charge is 0.507 e. The molecule has 3 nitrogen and oxygen atoms in total. The van der Waals surface area contributed by atoms with Crippen molar-refractivity contribution in [2.75, 3.05) is 0 Å². The maximum Gasteiger partial charge on any atom is 0.142 e. The fraction of sp³-hybridized carbons (Fsp3) is 0.0667. The predicted octanol–water partition coefficient (Wildman–Crippen LogP) is 4.20. The third-order valence-corrected chi connectivity index (χ3v) is 4.69. The zero-order chi connectivity index (χ0) is 13.8. The van der Waals surface area contributed by atoms with E-state index in [9.17, 15) is 5.11 Å². The number of thiazole rings is 1. The van der Waals surface area contributed by atoms with E-state index in [0.29, 0.717) is 5.75 Å². The normalized spacial score (nSPS) is 10.6. The molecule has 3 aromatic rings. The third kappa shape index (κ3) is 3.00. The summed E-state index contributed by atoms with van der Waals surface area (Å²) in [4.78, 5) is 9.75. The second kappa shape index (κ2) is 6.07. The van der Waals surface area contributed by atoms with E-state index in [0.717, 1.165) is 27.0 Å². The van der Waals surface area contributed by atoms with Gasteiger partial charge in [-0.05, 0) is 24.3 Å². The number of aromatic hydroxyl groups is 1. The van der Waals surface area contributed by atoms with Crippen molar-refractivity contribution < 1.29 is 5.11 Å². The van der Waals surface area contributed by atoms with Crippen LogP contribution in [0.15, 0.2) is 58.9 Å². The van der Waals surface area contributed by atoms with E-state index in [1.807, 2.05) is 41.8 Å². The molecule has 0 saturated carbocycles. The van der Waals surface area contributed by atoms with Crippen LogP contribution in [0.5, 0.6) is 5.75 Å². The van der Waals surface area contributed by atoms with Gasteiger partial charge in [-0.3, -0.25) is 4.98 Å². The highest BCUT2D eigenvalue weighted by Crippen LogP contribution is 2.31. The van der Waals surface area contributed by atoms with Crippen molar-refractivity contribution in [1.29, 1.82) is 0 Å². The van der Waals surface area contributed by atoms with Gasteiger partial charge in [0.1, 0.15) is 10.8 Å². The summed E-state index contributed by atoms with van der Waals surface area (Å²) in [5, 5.41) is 12.7. The first-order chi connectivity index (χ1) is 9.83. The van der Waals surface area contributed by atoms with Gasteiger partial charge < -0.3 is 5.11 Å². The molecule has 100 valence electrons. The summed E-state index contributed by atoms with van der Waals surface area (Å²) >= 11 is 3.17. The average molecular weight is 300 g/mol. The number of phenols is 1. The van der Waals surface area contributed by atoms with Crippen LogP contribution in [0.3, 0.4) is 0 Å². The molecule has 0 bridgehead atoms. The van der Waals surface area contributed by atoms with Crippen molar-refractivity contribution >= 4 is 23.1 Å². The molecule has 2 heterocycles. The summed E-state index contributed by atoms with van der Waals surface area (Å²) in [5.41, 5.74) is 1.90. The quantitative estimate of drug-likeness (QED) is 0.733. The van der Waals surface area contributed by atoms with Gasteiger partial charge in [0, 0.05) is 22.2 Å². The van der Waals surface area contributed by atoms with Gasteiger partial charge in [-0.2, -0.15) is 0 Å². The molecule has 0 saturated heterocycles. The van der Waals surface area contributed by atoms with Crippen molar-refractivity contribution in [3.05, 3.63) is 59.7 Å². The minimum atomic E-state index is 0.317. The minimum Gasteiger partial charge on any atom is -0.507 e. The van der Waals surface area contributed by atoms with Gasteiger partial charge in [0.05, 0.1) is 11.4 Å². The number of thioether (sulfide) groups is 1. The lowest BCUT2D eigenvalue weighted by atomic mass is 10.3. The van der Waals surface area contributed by atoms with E-state index in [-0.39, 0.29) is 0 Å². The van der Waals surface area contributed by atoms with Gasteiger partial charge in [0.2, 0.25) is 0 Å². The molecule has 0 fully saturated rings. The van der Waals surface area contributed by atoms with E-state index in [1.165, 1.54) is 0 Å². The number of nitrogens with zero attached hydrogens (tertiary/aromatic N) is 2. The topological polar surface area (TPSA) is 46.0 Å². The molecule has 0 unspecified atom stereocenters. The molecule has 3 rings (SSSR count). The standard InChI is InChI=1S/C15H12N2OS2/c18-13-6-1-2-7-14(13)19-9-11-10-20-15(17-11)12-5-3-4-8-16-12/h1-8,10,18H,9H2. The van der Waals surface area contributed by atoms with E-state index in [1.54, 1.807) is 35.4 Å². The highest BCUT2D eigenvalue weighted by Gasteiger charge is 2.07. The molecular formula is C15H12N2OS2. The molecule has 0 aliphatic heterocycles. The first-order valence-electron chi connectivity index (χ1n) is 6.09. The van der Waals surface area contributed by atoms with Crippen molar-refractivity contribution in [1.82, 2.24) is 9.97 Å². The highest BCUT2D eigenvalue weighted by molar-refractivity contribution is 7.98. The number of hydrogen-bond acceptors (Lipinski definition) is 5. The van der Waals surface area contributed by atoms with Crippen LogP contribution in [0, 0.1) is 0 Å². The first-order valence-corrected chi connectivity index (χ1v) is 7.96. The van der Waals surface area contributed by atoms with Crippen molar-refractivity contribution in [3.63, 3.8) is 0 Å². The van der Waals surface area contributed by atoms with Gasteiger partial charge in [-0.15, -0.1) is 23.1 Å². The second-order valence-corrected chi connectivity index (χ2v) is 5.99. The Morgan fingerprint density at radius 3 is 2.75 bits per heavy atom. The fourth-order valence-corrected chi connectivity index (χ4v) is 3.45. The molecule has 20 heavy (non-hydrogen) atoms. The van der Waals surface area contributed by atoms with Gasteiger partial charge in [-0.25, -0.2) is 4.98 Å². The molecule has 0 amide bonds. The summed E-state index contributed by atoms with van der Waals surface area (Å²) in [7, 11) is 0. The Balaban J connectivity index is 1.71. The Hall–Kier alpha value is -1.85. The Labute approximate surface area is 125 Å². The number of aromatic nitrogens is 2. The number of phenolic OH excluding ortho intramolecular Hbond substituents is 1. The molecule has 5 heteroatoms. The number of pyridine rings is 1. The lowest BCUT2D eigenvalue weighted by Gasteiger charge is -2.01. The molecule has 0 aliphatic carbocycles. The molecular weight excluding hydrogens is 288 g/mol. The Kier molecular flexibility index (Phi) is 3.99. The van der Waals surface area contributed by atoms with E-state index < -0.39 is 0 Å². The number of benzene rings is 1. The van der Waals surface area contributed by atoms with Crippen LogP contribution in [0.2, 0.25) is 0 Å².